The lowest BCUT2D eigenvalue weighted by molar-refractivity contribution is -0.402. The van der Waals surface area contributed by atoms with Crippen LogP contribution in [-0.4, -0.2) is 15.1 Å². The summed E-state index contributed by atoms with van der Waals surface area (Å²) in [6.45, 7) is 6.47. The van der Waals surface area contributed by atoms with E-state index >= 15 is 0 Å². The maximum absolute atomic E-state index is 10.6. The SMILES string of the molecule is CC(C)(C)c1ccc(-c2nnc(S/C=C/c3ccc([N+](=O)[O-])o3)o2)cc1. The highest BCUT2D eigenvalue weighted by Gasteiger charge is 2.15. The summed E-state index contributed by atoms with van der Waals surface area (Å²) in [5, 5.41) is 20.6. The smallest absolute Gasteiger partial charge is 0.411 e. The first-order chi connectivity index (χ1) is 12.3. The number of aromatic nitrogens is 2. The van der Waals surface area contributed by atoms with Crippen molar-refractivity contribution in [1.82, 2.24) is 10.2 Å². The van der Waals surface area contributed by atoms with E-state index in [1.54, 1.807) is 11.5 Å². The van der Waals surface area contributed by atoms with Crippen molar-refractivity contribution >= 4 is 23.7 Å². The Hall–Kier alpha value is -2.87. The Balaban J connectivity index is 1.66. The topological polar surface area (TPSA) is 95.2 Å². The Bertz CT molecular complexity index is 936. The van der Waals surface area contributed by atoms with Crippen LogP contribution in [0.2, 0.25) is 0 Å². The number of hydrogen-bond acceptors (Lipinski definition) is 7. The van der Waals surface area contributed by atoms with E-state index in [2.05, 4.69) is 43.1 Å². The largest absolute Gasteiger partial charge is 0.433 e. The minimum absolute atomic E-state index is 0.0834. The van der Waals surface area contributed by atoms with E-state index in [0.29, 0.717) is 16.9 Å². The molecule has 0 amide bonds. The van der Waals surface area contributed by atoms with Crippen LogP contribution in [0.25, 0.3) is 17.5 Å². The lowest BCUT2D eigenvalue weighted by atomic mass is 9.87. The third kappa shape index (κ3) is 4.20. The molecule has 2 aromatic heterocycles. The molecule has 0 saturated heterocycles. The summed E-state index contributed by atoms with van der Waals surface area (Å²) in [4.78, 5) is 9.99. The molecule has 26 heavy (non-hydrogen) atoms. The number of furan rings is 1. The third-order valence-electron chi connectivity index (χ3n) is 3.60. The van der Waals surface area contributed by atoms with Gasteiger partial charge in [0.1, 0.15) is 10.7 Å². The summed E-state index contributed by atoms with van der Waals surface area (Å²) < 4.78 is 10.7. The number of hydrogen-bond donors (Lipinski definition) is 0. The Morgan fingerprint density at radius 1 is 1.08 bits per heavy atom. The number of thioether (sulfide) groups is 1. The maximum Gasteiger partial charge on any atom is 0.433 e. The van der Waals surface area contributed by atoms with Crippen molar-refractivity contribution in [3.05, 3.63) is 63.2 Å². The monoisotopic (exact) mass is 371 g/mol. The van der Waals surface area contributed by atoms with E-state index < -0.39 is 4.92 Å². The van der Waals surface area contributed by atoms with Crippen molar-refractivity contribution in [2.24, 2.45) is 0 Å². The minimum atomic E-state index is -0.584. The van der Waals surface area contributed by atoms with Crippen LogP contribution in [0.15, 0.2) is 55.9 Å². The van der Waals surface area contributed by atoms with Gasteiger partial charge in [0, 0.05) is 5.56 Å². The van der Waals surface area contributed by atoms with Gasteiger partial charge in [0.05, 0.1) is 6.07 Å². The summed E-state index contributed by atoms with van der Waals surface area (Å²) in [6.07, 6.45) is 1.60. The molecular formula is C18H17N3O4S. The van der Waals surface area contributed by atoms with Gasteiger partial charge in [-0.05, 0) is 52.4 Å². The fraction of sp³-hybridized carbons (Fsp3) is 0.222. The van der Waals surface area contributed by atoms with E-state index in [0.717, 1.165) is 5.56 Å². The molecule has 0 bridgehead atoms. The number of nitro groups is 1. The predicted molar refractivity (Wildman–Crippen MR) is 98.7 cm³/mol. The highest BCUT2D eigenvalue weighted by atomic mass is 32.2. The van der Waals surface area contributed by atoms with Gasteiger partial charge in [-0.3, -0.25) is 10.1 Å². The molecule has 3 aromatic rings. The van der Waals surface area contributed by atoms with Gasteiger partial charge in [0.25, 0.3) is 5.22 Å². The maximum atomic E-state index is 10.6. The van der Waals surface area contributed by atoms with E-state index in [4.69, 9.17) is 8.83 Å². The van der Waals surface area contributed by atoms with Crippen LogP contribution in [0.3, 0.4) is 0 Å². The highest BCUT2D eigenvalue weighted by Crippen LogP contribution is 2.28. The predicted octanol–water partition coefficient (Wildman–Crippen LogP) is 5.30. The van der Waals surface area contributed by atoms with Crippen molar-refractivity contribution in [2.75, 3.05) is 0 Å². The fourth-order valence-corrected chi connectivity index (χ4v) is 2.71. The van der Waals surface area contributed by atoms with Crippen molar-refractivity contribution in [2.45, 2.75) is 31.4 Å². The normalized spacial score (nSPS) is 12.0. The number of nitrogens with zero attached hydrogens (tertiary/aromatic N) is 3. The van der Waals surface area contributed by atoms with Crippen molar-refractivity contribution in [3.8, 4) is 11.5 Å². The summed E-state index contributed by atoms with van der Waals surface area (Å²) in [7, 11) is 0. The molecule has 0 aliphatic rings. The molecule has 1 aromatic carbocycles. The zero-order valence-electron chi connectivity index (χ0n) is 14.5. The van der Waals surface area contributed by atoms with Crippen LogP contribution in [0.5, 0.6) is 0 Å². The fourth-order valence-electron chi connectivity index (χ4n) is 2.18. The standard InChI is InChI=1S/C18H17N3O4S/c1-18(2,3)13-6-4-12(5-7-13)16-19-20-17(25-16)26-11-10-14-8-9-15(24-14)21(22)23/h4-11H,1-3H3/b11-10+. The van der Waals surface area contributed by atoms with Gasteiger partial charge >= 0.3 is 5.88 Å². The Morgan fingerprint density at radius 3 is 2.42 bits per heavy atom. The first-order valence-electron chi connectivity index (χ1n) is 7.85. The molecule has 0 N–H and O–H groups in total. The molecule has 0 saturated carbocycles. The lowest BCUT2D eigenvalue weighted by Crippen LogP contribution is -2.10. The minimum Gasteiger partial charge on any atom is -0.411 e. The molecule has 0 fully saturated rings. The van der Waals surface area contributed by atoms with Gasteiger partial charge in [0.15, 0.2) is 0 Å². The van der Waals surface area contributed by atoms with E-state index in [9.17, 15) is 10.1 Å². The van der Waals surface area contributed by atoms with E-state index in [1.807, 2.05) is 12.1 Å². The van der Waals surface area contributed by atoms with Crippen LogP contribution in [-0.2, 0) is 5.41 Å². The van der Waals surface area contributed by atoms with Gasteiger partial charge in [-0.1, -0.05) is 32.9 Å². The molecular weight excluding hydrogens is 354 g/mol. The zero-order valence-corrected chi connectivity index (χ0v) is 15.3. The van der Waals surface area contributed by atoms with Gasteiger partial charge in [-0.2, -0.15) is 0 Å². The van der Waals surface area contributed by atoms with Crippen LogP contribution < -0.4 is 0 Å². The lowest BCUT2D eigenvalue weighted by Gasteiger charge is -2.18. The van der Waals surface area contributed by atoms with Crippen LogP contribution in [0.1, 0.15) is 32.1 Å². The zero-order chi connectivity index (χ0) is 18.7. The third-order valence-corrected chi connectivity index (χ3v) is 4.24. The molecule has 0 aliphatic heterocycles. The molecule has 0 spiro atoms. The average molecular weight is 371 g/mol. The number of rotatable bonds is 5. The summed E-state index contributed by atoms with van der Waals surface area (Å²) in [5.41, 5.74) is 2.16. The molecule has 7 nitrogen and oxygen atoms in total. The molecule has 3 rings (SSSR count). The highest BCUT2D eigenvalue weighted by molar-refractivity contribution is 8.02. The van der Waals surface area contributed by atoms with Gasteiger partial charge in [-0.15, -0.1) is 10.2 Å². The first-order valence-corrected chi connectivity index (χ1v) is 8.73. The molecule has 0 aliphatic carbocycles. The van der Waals surface area contributed by atoms with Crippen LogP contribution in [0.4, 0.5) is 5.88 Å². The summed E-state index contributed by atoms with van der Waals surface area (Å²) in [5.74, 6) is 0.519. The Labute approximate surface area is 154 Å². The van der Waals surface area contributed by atoms with Gasteiger partial charge < -0.3 is 8.83 Å². The van der Waals surface area contributed by atoms with Crippen LogP contribution in [0, 0.1) is 10.1 Å². The first kappa shape index (κ1) is 17.9. The van der Waals surface area contributed by atoms with Crippen molar-refractivity contribution < 1.29 is 13.8 Å². The Morgan fingerprint density at radius 2 is 1.81 bits per heavy atom. The number of benzene rings is 1. The molecule has 134 valence electrons. The second-order valence-electron chi connectivity index (χ2n) is 6.55. The summed E-state index contributed by atoms with van der Waals surface area (Å²) in [6, 6.07) is 10.8. The van der Waals surface area contributed by atoms with E-state index in [1.165, 1.54) is 29.5 Å². The quantitative estimate of drug-likeness (QED) is 0.341. The second kappa shape index (κ2) is 7.17. The Kier molecular flexibility index (Phi) is 4.94. The van der Waals surface area contributed by atoms with Gasteiger partial charge in [0.2, 0.25) is 5.89 Å². The second-order valence-corrected chi connectivity index (χ2v) is 7.41. The molecule has 0 atom stereocenters. The van der Waals surface area contributed by atoms with Gasteiger partial charge in [-0.25, -0.2) is 0 Å². The molecule has 0 unspecified atom stereocenters. The molecule has 0 radical (unpaired) electrons. The van der Waals surface area contributed by atoms with E-state index in [-0.39, 0.29) is 11.3 Å². The average Bonchev–Trinajstić information content (AvgIpc) is 3.24. The summed E-state index contributed by atoms with van der Waals surface area (Å²) >= 11 is 1.21. The molecule has 8 heteroatoms. The van der Waals surface area contributed by atoms with Crippen molar-refractivity contribution in [1.29, 1.82) is 0 Å². The van der Waals surface area contributed by atoms with Crippen molar-refractivity contribution in [3.63, 3.8) is 0 Å². The molecule has 2 heterocycles. The van der Waals surface area contributed by atoms with Crippen LogP contribution >= 0.6 is 11.8 Å².